The van der Waals surface area contributed by atoms with Gasteiger partial charge in [-0.15, -0.1) is 0 Å². The second-order valence-electron chi connectivity index (χ2n) is 8.00. The molecule has 0 fully saturated rings. The van der Waals surface area contributed by atoms with E-state index in [4.69, 9.17) is 9.68 Å². The van der Waals surface area contributed by atoms with E-state index < -0.39 is 107 Å². The molecule has 5 heterocycles. The van der Waals surface area contributed by atoms with Crippen LogP contribution in [0.1, 0.15) is 0 Å². The summed E-state index contributed by atoms with van der Waals surface area (Å²) in [5.41, 5.74) is -0.169. The zero-order chi connectivity index (χ0) is 29.6. The first-order valence-corrected chi connectivity index (χ1v) is 10.8. The Labute approximate surface area is 222 Å². The topological polar surface area (TPSA) is 330 Å². The van der Waals surface area contributed by atoms with Gasteiger partial charge in [-0.05, 0) is 0 Å². The van der Waals surface area contributed by atoms with Gasteiger partial charge in [-0.3, -0.25) is 50.4 Å². The van der Waals surface area contributed by atoms with Crippen LogP contribution in [0, 0.1) is 11.8 Å². The van der Waals surface area contributed by atoms with Crippen molar-refractivity contribution < 1.29 is 58.2 Å². The molecule has 23 nitrogen and oxygen atoms in total. The first-order chi connectivity index (χ1) is 19.4. The summed E-state index contributed by atoms with van der Waals surface area (Å²) >= 11 is 0. The standard InChI is InChI=1S/C18H11N11O12/c30-7-1(8(31)22-15(36)21-7)3-4(2-9(32)23-16(37)24-10(2)33)20-6-12(35)26-18(39)28-14(6)41-29-40-13-5(19-3)11(34)25-17(38)27-13/h1-2,5-6,29H,(H,25,34,38)(H,26,35,39)(H2,21,22,30,31,36)(H2,23,24,32,33,37)/b19-3-,20-4-. The van der Waals surface area contributed by atoms with E-state index in [1.165, 1.54) is 0 Å². The van der Waals surface area contributed by atoms with Crippen LogP contribution in [0.5, 0.6) is 0 Å². The summed E-state index contributed by atoms with van der Waals surface area (Å²) in [6.07, 6.45) is 0. The van der Waals surface area contributed by atoms with Crippen molar-refractivity contribution in [2.75, 3.05) is 0 Å². The molecule has 4 unspecified atom stereocenters. The number of imide groups is 4. The molecule has 5 aliphatic rings. The number of amides is 12. The van der Waals surface area contributed by atoms with Crippen LogP contribution in [-0.4, -0.2) is 105 Å². The maximum Gasteiger partial charge on any atom is 0.350 e. The van der Waals surface area contributed by atoms with Crippen molar-refractivity contribution in [3.8, 4) is 0 Å². The van der Waals surface area contributed by atoms with Gasteiger partial charge in [0.2, 0.25) is 35.7 Å². The number of urea groups is 4. The van der Waals surface area contributed by atoms with Gasteiger partial charge >= 0.3 is 24.1 Å². The Morgan fingerprint density at radius 2 is 0.854 bits per heavy atom. The maximum absolute atomic E-state index is 12.9. The number of carbonyl (C=O) groups is 8. The molecule has 0 bridgehead atoms. The van der Waals surface area contributed by atoms with Crippen molar-refractivity contribution in [2.45, 2.75) is 12.1 Å². The maximum atomic E-state index is 12.9. The quantitative estimate of drug-likeness (QED) is 0.166. The molecule has 0 spiro atoms. The minimum atomic E-state index is -2.19. The molecule has 0 aromatic carbocycles. The fraction of sp³-hybridized carbons (Fsp3) is 0.222. The van der Waals surface area contributed by atoms with Gasteiger partial charge in [-0.2, -0.15) is 20.0 Å². The van der Waals surface area contributed by atoms with Crippen LogP contribution < -0.4 is 26.9 Å². The molecular formula is C18H11N11O12. The van der Waals surface area contributed by atoms with E-state index in [1.807, 2.05) is 0 Å². The number of nitrogens with zero attached hydrogens (tertiary/aromatic N) is 6. The third-order valence-electron chi connectivity index (χ3n) is 5.42. The fourth-order valence-corrected chi connectivity index (χ4v) is 3.77. The third kappa shape index (κ3) is 4.85. The molecule has 0 aliphatic carbocycles. The van der Waals surface area contributed by atoms with Gasteiger partial charge in [0, 0.05) is 5.64 Å². The third-order valence-corrected chi connectivity index (χ3v) is 5.42. The molecule has 5 aliphatic heterocycles. The van der Waals surface area contributed by atoms with E-state index in [0.717, 1.165) is 0 Å². The van der Waals surface area contributed by atoms with Crippen LogP contribution in [-0.2, 0) is 28.9 Å². The molecule has 5 rings (SSSR count). The molecule has 7 N–H and O–H groups in total. The summed E-state index contributed by atoms with van der Waals surface area (Å²) in [6, 6.07) is -9.26. The number of fused-ring (bicyclic) bond motifs is 2. The van der Waals surface area contributed by atoms with Crippen LogP contribution in [0.15, 0.2) is 30.0 Å². The van der Waals surface area contributed by atoms with E-state index in [2.05, 4.69) is 30.0 Å². The van der Waals surface area contributed by atoms with Crippen LogP contribution >= 0.6 is 0 Å². The summed E-state index contributed by atoms with van der Waals surface area (Å²) in [4.78, 5) is 129. The Morgan fingerprint density at radius 3 is 1.22 bits per heavy atom. The van der Waals surface area contributed by atoms with Crippen molar-refractivity contribution in [3.63, 3.8) is 0 Å². The summed E-state index contributed by atoms with van der Waals surface area (Å²) < 4.78 is 0. The summed E-state index contributed by atoms with van der Waals surface area (Å²) in [6.45, 7) is 0. The van der Waals surface area contributed by atoms with Gasteiger partial charge in [-0.1, -0.05) is 0 Å². The minimum Gasteiger partial charge on any atom is -0.495 e. The summed E-state index contributed by atoms with van der Waals surface area (Å²) in [5.74, 6) is -13.9. The predicted molar refractivity (Wildman–Crippen MR) is 124 cm³/mol. The second kappa shape index (κ2) is 9.80. The average Bonchev–Trinajstić information content (AvgIpc) is 2.87. The molecule has 210 valence electrons. The minimum absolute atomic E-state index is 0.883. The molecule has 0 saturated heterocycles. The second-order valence-corrected chi connectivity index (χ2v) is 8.00. The largest absolute Gasteiger partial charge is 0.495 e. The number of aliphatic imine (C=N–C) groups is 6. The van der Waals surface area contributed by atoms with Crippen LogP contribution in [0.4, 0.5) is 19.2 Å². The number of carbonyl (C=O) groups excluding carboxylic acids is 8. The monoisotopic (exact) mass is 573 g/mol. The molecule has 0 aromatic heterocycles. The number of rotatable bonds is 2. The number of hydrogen-bond donors (Lipinski definition) is 7. The number of aliphatic hydroxyl groups is 2. The SMILES string of the molecule is O=C1N=C2ONOC3=NC(=O)NC(=O)C3/N=C(C3C(=O)NC(=O)N=C3O)\C(C3C(=O)NC(=O)N=C3O)=N/C2C(=O)N1. The van der Waals surface area contributed by atoms with Crippen LogP contribution in [0.3, 0.4) is 0 Å². The summed E-state index contributed by atoms with van der Waals surface area (Å²) in [5, 5.41) is 28.0. The molecule has 4 atom stereocenters. The lowest BCUT2D eigenvalue weighted by Gasteiger charge is -2.27. The Bertz CT molecular complexity index is 1460. The highest BCUT2D eigenvalue weighted by Gasteiger charge is 2.48. The van der Waals surface area contributed by atoms with Gasteiger partial charge < -0.3 is 19.9 Å². The van der Waals surface area contributed by atoms with E-state index in [0.29, 0.717) is 0 Å². The zero-order valence-electron chi connectivity index (χ0n) is 19.5. The molecule has 23 heteroatoms. The Kier molecular flexibility index (Phi) is 6.30. The predicted octanol–water partition coefficient (Wildman–Crippen LogP) is -3.99. The molecule has 12 amide bonds. The van der Waals surface area contributed by atoms with Crippen molar-refractivity contribution in [1.29, 1.82) is 0 Å². The lowest BCUT2D eigenvalue weighted by atomic mass is 9.87. The van der Waals surface area contributed by atoms with Crippen molar-refractivity contribution in [1.82, 2.24) is 26.9 Å². The lowest BCUT2D eigenvalue weighted by Crippen LogP contribution is -2.56. The van der Waals surface area contributed by atoms with Crippen LogP contribution in [0.2, 0.25) is 0 Å². The van der Waals surface area contributed by atoms with E-state index in [9.17, 15) is 48.6 Å². The molecule has 0 saturated carbocycles. The summed E-state index contributed by atoms with van der Waals surface area (Å²) in [7, 11) is 0. The fourth-order valence-electron chi connectivity index (χ4n) is 3.77. The number of aliphatic hydroxyl groups excluding tert-OH is 2. The molecule has 41 heavy (non-hydrogen) atoms. The number of hydrogen-bond acceptors (Lipinski definition) is 13. The smallest absolute Gasteiger partial charge is 0.350 e. The van der Waals surface area contributed by atoms with E-state index in [-0.39, 0.29) is 0 Å². The van der Waals surface area contributed by atoms with Gasteiger partial charge in [0.25, 0.3) is 23.6 Å². The highest BCUT2D eigenvalue weighted by molar-refractivity contribution is 6.57. The first kappa shape index (κ1) is 26.4. The van der Waals surface area contributed by atoms with Gasteiger partial charge in [-0.25, -0.2) is 19.2 Å². The normalized spacial score (nSPS) is 31.1. The van der Waals surface area contributed by atoms with Crippen molar-refractivity contribution >= 4 is 82.8 Å². The van der Waals surface area contributed by atoms with Crippen LogP contribution in [0.25, 0.3) is 0 Å². The van der Waals surface area contributed by atoms with Gasteiger partial charge in [0.15, 0.2) is 11.8 Å². The molecule has 0 aromatic rings. The average molecular weight is 573 g/mol. The van der Waals surface area contributed by atoms with E-state index in [1.54, 1.807) is 26.9 Å². The van der Waals surface area contributed by atoms with Gasteiger partial charge in [0.05, 0.1) is 11.4 Å². The van der Waals surface area contributed by atoms with Gasteiger partial charge in [0.1, 0.15) is 0 Å². The van der Waals surface area contributed by atoms with Crippen molar-refractivity contribution in [3.05, 3.63) is 0 Å². The van der Waals surface area contributed by atoms with Crippen molar-refractivity contribution in [2.24, 2.45) is 41.8 Å². The lowest BCUT2D eigenvalue weighted by molar-refractivity contribution is -0.122. The Hall–Kier alpha value is -6.26. The highest BCUT2D eigenvalue weighted by atomic mass is 16.9. The van der Waals surface area contributed by atoms with E-state index >= 15 is 0 Å². The first-order valence-electron chi connectivity index (χ1n) is 10.8. The highest BCUT2D eigenvalue weighted by Crippen LogP contribution is 2.21. The zero-order valence-corrected chi connectivity index (χ0v) is 19.5. The Balaban J connectivity index is 1.84. The molecule has 0 radical (unpaired) electrons. The Morgan fingerprint density at radius 1 is 0.512 bits per heavy atom. The number of nitrogens with one attached hydrogen (secondary N) is 5. The molecular weight excluding hydrogens is 562 g/mol.